The van der Waals surface area contributed by atoms with Crippen molar-refractivity contribution < 1.29 is 18.1 Å². The Hall–Kier alpha value is -4.92. The first-order valence-corrected chi connectivity index (χ1v) is 22.3. The SMILES string of the molecule is CN(CC[C@H](CSc1ccccc1)Nc1ccc(S(=O)(=O)NC(=O)c2ccc(N3CCN(Cc4ccccc4-c4ccc(Cl)cc4)CC3)cc2)cc1[N+](=O)[O-])C1CC1. The van der Waals surface area contributed by atoms with Crippen molar-refractivity contribution in [1.29, 1.82) is 0 Å². The average molecular weight is 839 g/mol. The summed E-state index contributed by atoms with van der Waals surface area (Å²) in [5, 5.41) is 16.3. The van der Waals surface area contributed by atoms with Gasteiger partial charge in [-0.3, -0.25) is 19.8 Å². The molecule has 2 aliphatic rings. The predicted molar refractivity (Wildman–Crippen MR) is 233 cm³/mol. The Balaban J connectivity index is 0.957. The molecule has 5 aromatic rings. The normalized spacial score (nSPS) is 15.3. The molecule has 58 heavy (non-hydrogen) atoms. The molecule has 1 atom stereocenters. The van der Waals surface area contributed by atoms with E-state index in [0.29, 0.717) is 16.8 Å². The molecule has 0 bridgehead atoms. The number of thioether (sulfide) groups is 1. The number of nitro groups is 1. The van der Waals surface area contributed by atoms with Crippen LogP contribution in [0.5, 0.6) is 0 Å². The summed E-state index contributed by atoms with van der Waals surface area (Å²) < 4.78 is 28.9. The summed E-state index contributed by atoms with van der Waals surface area (Å²) in [6, 6.07) is 37.2. The lowest BCUT2D eigenvalue weighted by Gasteiger charge is -2.36. The highest BCUT2D eigenvalue weighted by Gasteiger charge is 2.28. The smallest absolute Gasteiger partial charge is 0.293 e. The van der Waals surface area contributed by atoms with Crippen molar-refractivity contribution >= 4 is 56.4 Å². The number of piperazine rings is 1. The highest BCUT2D eigenvalue weighted by molar-refractivity contribution is 7.99. The number of nitrogens with one attached hydrogen (secondary N) is 2. The van der Waals surface area contributed by atoms with Crippen molar-refractivity contribution in [3.05, 3.63) is 148 Å². The molecule has 0 radical (unpaired) electrons. The third-order valence-corrected chi connectivity index (χ3v) is 13.4. The van der Waals surface area contributed by atoms with Crippen molar-refractivity contribution in [3.63, 3.8) is 0 Å². The minimum atomic E-state index is -4.43. The first kappa shape index (κ1) is 41.2. The van der Waals surface area contributed by atoms with Gasteiger partial charge in [-0.25, -0.2) is 13.1 Å². The molecular formula is C44H47ClN6O5S2. The Kier molecular flexibility index (Phi) is 13.4. The van der Waals surface area contributed by atoms with Gasteiger partial charge in [-0.05, 0) is 104 Å². The molecular weight excluding hydrogens is 792 g/mol. The van der Waals surface area contributed by atoms with Crippen LogP contribution in [0.2, 0.25) is 5.02 Å². The van der Waals surface area contributed by atoms with Gasteiger partial charge >= 0.3 is 0 Å². The maximum Gasteiger partial charge on any atom is 0.293 e. The van der Waals surface area contributed by atoms with E-state index in [-0.39, 0.29) is 27.9 Å². The molecule has 11 nitrogen and oxygen atoms in total. The van der Waals surface area contributed by atoms with E-state index in [2.05, 4.69) is 50.0 Å². The summed E-state index contributed by atoms with van der Waals surface area (Å²) in [6.45, 7) is 4.91. The number of carbonyl (C=O) groups excluding carboxylic acids is 1. The lowest BCUT2D eigenvalue weighted by Crippen LogP contribution is -2.46. The number of rotatable bonds is 17. The Labute approximate surface area is 349 Å². The largest absolute Gasteiger partial charge is 0.376 e. The molecule has 1 aliphatic carbocycles. The molecule has 0 unspecified atom stereocenters. The van der Waals surface area contributed by atoms with Crippen LogP contribution in [0.15, 0.2) is 131 Å². The number of halogens is 1. The zero-order valence-electron chi connectivity index (χ0n) is 32.3. The third-order valence-electron chi connectivity index (χ3n) is 10.7. The van der Waals surface area contributed by atoms with E-state index in [0.717, 1.165) is 67.9 Å². The summed E-state index contributed by atoms with van der Waals surface area (Å²) in [4.78, 5) is 32.6. The molecule has 7 rings (SSSR count). The monoisotopic (exact) mass is 838 g/mol. The van der Waals surface area contributed by atoms with Gasteiger partial charge in [-0.15, -0.1) is 11.8 Å². The van der Waals surface area contributed by atoms with Crippen molar-refractivity contribution in [3.8, 4) is 11.1 Å². The van der Waals surface area contributed by atoms with Gasteiger partial charge in [0.15, 0.2) is 0 Å². The predicted octanol–water partition coefficient (Wildman–Crippen LogP) is 8.41. The van der Waals surface area contributed by atoms with Crippen LogP contribution in [-0.4, -0.2) is 86.7 Å². The van der Waals surface area contributed by atoms with Gasteiger partial charge in [-0.1, -0.05) is 66.2 Å². The van der Waals surface area contributed by atoms with Crippen LogP contribution in [-0.2, 0) is 16.6 Å². The van der Waals surface area contributed by atoms with Gasteiger partial charge in [0.2, 0.25) is 0 Å². The molecule has 1 heterocycles. The molecule has 2 fully saturated rings. The molecule has 1 saturated heterocycles. The molecule has 2 N–H and O–H groups in total. The second-order valence-corrected chi connectivity index (χ2v) is 18.0. The van der Waals surface area contributed by atoms with Gasteiger partial charge in [0.1, 0.15) is 5.69 Å². The zero-order chi connectivity index (χ0) is 40.6. The molecule has 1 aliphatic heterocycles. The molecule has 5 aromatic carbocycles. The van der Waals surface area contributed by atoms with Crippen molar-refractivity contribution in [1.82, 2.24) is 14.5 Å². The van der Waals surface area contributed by atoms with E-state index < -0.39 is 20.9 Å². The number of benzene rings is 5. The Morgan fingerprint density at radius 2 is 1.60 bits per heavy atom. The number of amides is 1. The summed E-state index contributed by atoms with van der Waals surface area (Å²) in [7, 11) is -2.33. The quantitative estimate of drug-likeness (QED) is 0.0536. The summed E-state index contributed by atoms with van der Waals surface area (Å²) in [5.41, 5.74) is 4.49. The first-order chi connectivity index (χ1) is 28.0. The van der Waals surface area contributed by atoms with Crippen molar-refractivity contribution in [2.45, 2.75) is 47.7 Å². The molecule has 1 amide bonds. The minimum Gasteiger partial charge on any atom is -0.376 e. The second kappa shape index (κ2) is 18.8. The van der Waals surface area contributed by atoms with E-state index in [9.17, 15) is 23.3 Å². The Morgan fingerprint density at radius 3 is 2.29 bits per heavy atom. The van der Waals surface area contributed by atoms with Gasteiger partial charge < -0.3 is 15.1 Å². The number of sulfonamides is 1. The van der Waals surface area contributed by atoms with E-state index in [1.807, 2.05) is 72.8 Å². The van der Waals surface area contributed by atoms with E-state index in [1.54, 1.807) is 23.9 Å². The highest BCUT2D eigenvalue weighted by atomic mass is 35.5. The topological polar surface area (TPSA) is 128 Å². The highest BCUT2D eigenvalue weighted by Crippen LogP contribution is 2.32. The number of nitro benzene ring substituents is 1. The molecule has 0 spiro atoms. The lowest BCUT2D eigenvalue weighted by atomic mass is 9.99. The maximum absolute atomic E-state index is 13.4. The van der Waals surface area contributed by atoms with Crippen LogP contribution < -0.4 is 14.9 Å². The number of hydrogen-bond donors (Lipinski definition) is 2. The minimum absolute atomic E-state index is 0.123. The average Bonchev–Trinajstić information content (AvgIpc) is 4.09. The van der Waals surface area contributed by atoms with E-state index >= 15 is 0 Å². The number of hydrogen-bond acceptors (Lipinski definition) is 10. The second-order valence-electron chi connectivity index (χ2n) is 14.8. The lowest BCUT2D eigenvalue weighted by molar-refractivity contribution is -0.384. The van der Waals surface area contributed by atoms with E-state index in [4.69, 9.17) is 11.6 Å². The van der Waals surface area contributed by atoms with Crippen LogP contribution in [0.1, 0.15) is 35.2 Å². The first-order valence-electron chi connectivity index (χ1n) is 19.4. The fourth-order valence-corrected chi connectivity index (χ4v) is 9.29. The van der Waals surface area contributed by atoms with Gasteiger partial charge in [-0.2, -0.15) is 0 Å². The summed E-state index contributed by atoms with van der Waals surface area (Å²) >= 11 is 7.78. The molecule has 0 aromatic heterocycles. The standard InChI is InChI=1S/C44H47ClN6O5S2/c1-48(37-19-20-37)24-23-36(31-57-39-8-3-2-4-9-39)46-42-22-21-40(29-43(42)51(53)54)58(55,56)47-44(52)33-13-17-38(18-14-33)50-27-25-49(26-28-50)30-34-7-5-6-10-41(34)32-11-15-35(45)16-12-32/h2-18,21-22,29,36-37,46H,19-20,23-28,30-31H2,1H3,(H,47,52)/t36-/m1/s1. The van der Waals surface area contributed by atoms with Crippen molar-refractivity contribution in [2.75, 3.05) is 55.7 Å². The van der Waals surface area contributed by atoms with Gasteiger partial charge in [0.25, 0.3) is 21.6 Å². The van der Waals surface area contributed by atoms with Crippen LogP contribution in [0.25, 0.3) is 11.1 Å². The summed E-state index contributed by atoms with van der Waals surface area (Å²) in [5.74, 6) is -0.163. The van der Waals surface area contributed by atoms with Crippen molar-refractivity contribution in [2.24, 2.45) is 0 Å². The Bertz CT molecular complexity index is 2300. The van der Waals surface area contributed by atoms with Crippen LogP contribution in [0.3, 0.4) is 0 Å². The Morgan fingerprint density at radius 1 is 0.914 bits per heavy atom. The fourth-order valence-electron chi connectivity index (χ4n) is 7.18. The van der Waals surface area contributed by atoms with Crippen LogP contribution in [0.4, 0.5) is 17.1 Å². The number of carbonyl (C=O) groups is 1. The maximum atomic E-state index is 13.4. The third kappa shape index (κ3) is 10.8. The summed E-state index contributed by atoms with van der Waals surface area (Å²) in [6.07, 6.45) is 3.10. The van der Waals surface area contributed by atoms with E-state index in [1.165, 1.54) is 36.1 Å². The van der Waals surface area contributed by atoms with Crippen LogP contribution >= 0.6 is 23.4 Å². The fraction of sp³-hybridized carbons (Fsp3) is 0.295. The molecule has 14 heteroatoms. The molecule has 1 saturated carbocycles. The molecule has 302 valence electrons. The number of anilines is 2. The van der Waals surface area contributed by atoms with Crippen LogP contribution in [0, 0.1) is 10.1 Å². The van der Waals surface area contributed by atoms with Gasteiger partial charge in [0.05, 0.1) is 9.82 Å². The number of nitrogens with zero attached hydrogens (tertiary/aromatic N) is 4. The zero-order valence-corrected chi connectivity index (χ0v) is 34.7. The van der Waals surface area contributed by atoms with Gasteiger partial charge in [0, 0.05) is 84.3 Å².